The third-order valence-electron chi connectivity index (χ3n) is 2.99. The Morgan fingerprint density at radius 2 is 2.00 bits per heavy atom. The Morgan fingerprint density at radius 3 is 2.56 bits per heavy atom. The number of thiophene rings is 1. The minimum absolute atomic E-state index is 0.0395. The van der Waals surface area contributed by atoms with Gasteiger partial charge in [-0.15, -0.1) is 11.3 Å². The van der Waals surface area contributed by atoms with Crippen molar-refractivity contribution in [1.82, 2.24) is 4.72 Å². The summed E-state index contributed by atoms with van der Waals surface area (Å²) in [5.74, 6) is 0.748. The average molecular weight is 291 g/mol. The van der Waals surface area contributed by atoms with Crippen molar-refractivity contribution in [3.63, 3.8) is 0 Å². The molecule has 4 nitrogen and oxygen atoms in total. The molecule has 1 atom stereocenters. The molecule has 6 heteroatoms. The minimum atomic E-state index is -3.40. The van der Waals surface area contributed by atoms with Crippen molar-refractivity contribution in [1.29, 1.82) is 0 Å². The standard InChI is InChI=1S/C12H21NO3S2/c1-9(2)10(3)8-13-18(15,16)12-5-4-11(17-12)6-7-14/h4-5,9-10,13-14H,6-8H2,1-3H3. The van der Waals surface area contributed by atoms with E-state index in [1.54, 1.807) is 12.1 Å². The van der Waals surface area contributed by atoms with Crippen LogP contribution in [0.3, 0.4) is 0 Å². The van der Waals surface area contributed by atoms with Crippen molar-refractivity contribution in [2.45, 2.75) is 31.4 Å². The fourth-order valence-corrected chi connectivity index (χ4v) is 3.83. The summed E-state index contributed by atoms with van der Waals surface area (Å²) in [5, 5.41) is 8.81. The maximum Gasteiger partial charge on any atom is 0.250 e. The van der Waals surface area contributed by atoms with Gasteiger partial charge in [-0.1, -0.05) is 20.8 Å². The first-order chi connectivity index (χ1) is 8.36. The molecule has 0 saturated carbocycles. The normalized spacial score (nSPS) is 14.1. The van der Waals surface area contributed by atoms with E-state index in [0.717, 1.165) is 4.88 Å². The van der Waals surface area contributed by atoms with Crippen molar-refractivity contribution < 1.29 is 13.5 Å². The van der Waals surface area contributed by atoms with Crippen LogP contribution in [-0.4, -0.2) is 26.7 Å². The lowest BCUT2D eigenvalue weighted by atomic mass is 9.99. The highest BCUT2D eigenvalue weighted by atomic mass is 32.2. The zero-order chi connectivity index (χ0) is 13.8. The van der Waals surface area contributed by atoms with Gasteiger partial charge in [0.1, 0.15) is 4.21 Å². The highest BCUT2D eigenvalue weighted by Crippen LogP contribution is 2.22. The van der Waals surface area contributed by atoms with Crippen LogP contribution in [0.5, 0.6) is 0 Å². The number of aliphatic hydroxyl groups is 1. The number of rotatable bonds is 7. The fourth-order valence-electron chi connectivity index (χ4n) is 1.30. The van der Waals surface area contributed by atoms with E-state index < -0.39 is 10.0 Å². The molecule has 0 aliphatic carbocycles. The van der Waals surface area contributed by atoms with Crippen LogP contribution in [0.1, 0.15) is 25.6 Å². The quantitative estimate of drug-likeness (QED) is 0.806. The van der Waals surface area contributed by atoms with E-state index in [-0.39, 0.29) is 6.61 Å². The number of nitrogens with one attached hydrogen (secondary N) is 1. The van der Waals surface area contributed by atoms with Gasteiger partial charge in [-0.2, -0.15) is 0 Å². The molecule has 0 spiro atoms. The summed E-state index contributed by atoms with van der Waals surface area (Å²) in [4.78, 5) is 0.884. The van der Waals surface area contributed by atoms with Gasteiger partial charge in [0.2, 0.25) is 10.0 Å². The van der Waals surface area contributed by atoms with Crippen molar-refractivity contribution in [2.24, 2.45) is 11.8 Å². The summed E-state index contributed by atoms with van der Waals surface area (Å²) < 4.78 is 27.0. The van der Waals surface area contributed by atoms with Gasteiger partial charge in [0.05, 0.1) is 0 Å². The molecule has 0 radical (unpaired) electrons. The molecule has 0 amide bonds. The van der Waals surface area contributed by atoms with E-state index in [2.05, 4.69) is 18.6 Å². The van der Waals surface area contributed by atoms with Gasteiger partial charge in [-0.3, -0.25) is 0 Å². The number of hydrogen-bond acceptors (Lipinski definition) is 4. The van der Waals surface area contributed by atoms with E-state index >= 15 is 0 Å². The molecule has 104 valence electrons. The lowest BCUT2D eigenvalue weighted by Crippen LogP contribution is -2.29. The Bertz CT molecular complexity index is 465. The molecule has 1 rings (SSSR count). The van der Waals surface area contributed by atoms with Gasteiger partial charge in [-0.05, 0) is 24.0 Å². The van der Waals surface area contributed by atoms with Gasteiger partial charge in [0, 0.05) is 24.4 Å². The molecule has 1 heterocycles. The van der Waals surface area contributed by atoms with Crippen LogP contribution in [0.2, 0.25) is 0 Å². The molecule has 0 bridgehead atoms. The first-order valence-electron chi connectivity index (χ1n) is 6.06. The van der Waals surface area contributed by atoms with Crippen LogP contribution in [0.4, 0.5) is 0 Å². The van der Waals surface area contributed by atoms with Crippen LogP contribution < -0.4 is 4.72 Å². The van der Waals surface area contributed by atoms with Crippen LogP contribution in [0.15, 0.2) is 16.3 Å². The SMILES string of the molecule is CC(C)C(C)CNS(=O)(=O)c1ccc(CCO)s1. The second-order valence-electron chi connectivity index (χ2n) is 4.77. The highest BCUT2D eigenvalue weighted by molar-refractivity contribution is 7.91. The lowest BCUT2D eigenvalue weighted by Gasteiger charge is -2.15. The zero-order valence-electron chi connectivity index (χ0n) is 11.0. The predicted molar refractivity (Wildman–Crippen MR) is 74.3 cm³/mol. The molecular weight excluding hydrogens is 270 g/mol. The van der Waals surface area contributed by atoms with Crippen molar-refractivity contribution in [2.75, 3.05) is 13.2 Å². The molecule has 1 aromatic rings. The van der Waals surface area contributed by atoms with Crippen molar-refractivity contribution >= 4 is 21.4 Å². The summed E-state index contributed by atoms with van der Waals surface area (Å²) in [6, 6.07) is 3.35. The Balaban J connectivity index is 2.68. The summed E-state index contributed by atoms with van der Waals surface area (Å²) in [6.45, 7) is 6.66. The van der Waals surface area contributed by atoms with Crippen LogP contribution in [0.25, 0.3) is 0 Å². The Hall–Kier alpha value is -0.430. The number of hydrogen-bond donors (Lipinski definition) is 2. The van der Waals surface area contributed by atoms with Crippen LogP contribution in [0, 0.1) is 11.8 Å². The molecule has 0 fully saturated rings. The van der Waals surface area contributed by atoms with Crippen molar-refractivity contribution in [3.8, 4) is 0 Å². The Morgan fingerprint density at radius 1 is 1.33 bits per heavy atom. The predicted octanol–water partition coefficient (Wildman–Crippen LogP) is 1.85. The first kappa shape index (κ1) is 15.6. The smallest absolute Gasteiger partial charge is 0.250 e. The molecule has 2 N–H and O–H groups in total. The molecule has 0 aromatic carbocycles. The molecular formula is C12H21NO3S2. The van der Waals surface area contributed by atoms with Gasteiger partial charge in [0.15, 0.2) is 0 Å². The van der Waals surface area contributed by atoms with E-state index in [1.165, 1.54) is 11.3 Å². The van der Waals surface area contributed by atoms with E-state index in [4.69, 9.17) is 5.11 Å². The highest BCUT2D eigenvalue weighted by Gasteiger charge is 2.18. The minimum Gasteiger partial charge on any atom is -0.396 e. The lowest BCUT2D eigenvalue weighted by molar-refractivity contribution is 0.300. The van der Waals surface area contributed by atoms with E-state index in [0.29, 0.717) is 29.0 Å². The molecule has 0 aliphatic rings. The summed E-state index contributed by atoms with van der Waals surface area (Å²) in [7, 11) is -3.40. The summed E-state index contributed by atoms with van der Waals surface area (Å²) in [6.07, 6.45) is 0.503. The Kier molecular flexibility index (Phi) is 5.78. The number of aliphatic hydroxyl groups excluding tert-OH is 1. The molecule has 1 unspecified atom stereocenters. The van der Waals surface area contributed by atoms with Crippen LogP contribution in [-0.2, 0) is 16.4 Å². The van der Waals surface area contributed by atoms with Crippen LogP contribution >= 0.6 is 11.3 Å². The topological polar surface area (TPSA) is 66.4 Å². The molecule has 18 heavy (non-hydrogen) atoms. The Labute approximate surface area is 113 Å². The largest absolute Gasteiger partial charge is 0.396 e. The second-order valence-corrected chi connectivity index (χ2v) is 7.93. The van der Waals surface area contributed by atoms with E-state index in [1.807, 2.05) is 6.92 Å². The first-order valence-corrected chi connectivity index (χ1v) is 8.36. The number of sulfonamides is 1. The molecule has 0 aliphatic heterocycles. The average Bonchev–Trinajstić information content (AvgIpc) is 2.75. The second kappa shape index (κ2) is 6.65. The third kappa shape index (κ3) is 4.35. The maximum absolute atomic E-state index is 12.0. The fraction of sp³-hybridized carbons (Fsp3) is 0.667. The van der Waals surface area contributed by atoms with E-state index in [9.17, 15) is 8.42 Å². The summed E-state index contributed by atoms with van der Waals surface area (Å²) >= 11 is 1.21. The maximum atomic E-state index is 12.0. The zero-order valence-corrected chi connectivity index (χ0v) is 12.6. The third-order valence-corrected chi connectivity index (χ3v) is 6.05. The monoisotopic (exact) mass is 291 g/mol. The molecule has 1 aromatic heterocycles. The van der Waals surface area contributed by atoms with Gasteiger partial charge < -0.3 is 5.11 Å². The van der Waals surface area contributed by atoms with Gasteiger partial charge >= 0.3 is 0 Å². The van der Waals surface area contributed by atoms with Crippen molar-refractivity contribution in [3.05, 3.63) is 17.0 Å². The van der Waals surface area contributed by atoms with Gasteiger partial charge in [0.25, 0.3) is 0 Å². The molecule has 0 saturated heterocycles. The summed E-state index contributed by atoms with van der Waals surface area (Å²) in [5.41, 5.74) is 0. The van der Waals surface area contributed by atoms with Gasteiger partial charge in [-0.25, -0.2) is 13.1 Å².